The molecule has 2 fully saturated rings. The molecule has 1 aromatic carbocycles. The predicted octanol–water partition coefficient (Wildman–Crippen LogP) is 2.30. The van der Waals surface area contributed by atoms with Gasteiger partial charge in [-0.25, -0.2) is 0 Å². The molecule has 1 aromatic rings. The van der Waals surface area contributed by atoms with Crippen LogP contribution in [0, 0.1) is 5.92 Å². The average Bonchev–Trinajstić information content (AvgIpc) is 2.56. The minimum absolute atomic E-state index is 0. The molecule has 2 heterocycles. The summed E-state index contributed by atoms with van der Waals surface area (Å²) in [5.74, 6) is 0.630. The quantitative estimate of drug-likeness (QED) is 0.823. The van der Waals surface area contributed by atoms with Crippen molar-refractivity contribution in [3.05, 3.63) is 29.8 Å². The Morgan fingerprint density at radius 3 is 2.58 bits per heavy atom. The van der Waals surface area contributed by atoms with Crippen LogP contribution in [-0.2, 0) is 4.74 Å². The number of benzene rings is 1. The van der Waals surface area contributed by atoms with Crippen LogP contribution < -0.4 is 5.73 Å². The molecule has 2 N–H and O–H groups in total. The summed E-state index contributed by atoms with van der Waals surface area (Å²) >= 11 is 0. The van der Waals surface area contributed by atoms with Crippen molar-refractivity contribution in [1.82, 2.24) is 9.80 Å². The van der Waals surface area contributed by atoms with E-state index < -0.39 is 0 Å². The summed E-state index contributed by atoms with van der Waals surface area (Å²) in [4.78, 5) is 17.1. The van der Waals surface area contributed by atoms with Crippen molar-refractivity contribution >= 4 is 36.4 Å². The number of anilines is 1. The number of amides is 1. The van der Waals surface area contributed by atoms with Crippen LogP contribution in [0.15, 0.2) is 24.3 Å². The maximum atomic E-state index is 12.7. The standard InChI is InChI=1S/C17H25N3O2.2ClH/c18-16-6-2-1-5-15(16)17(21)20-7-3-4-14(13-20)12-19-8-10-22-11-9-19;;/h1-2,5-6,14H,3-4,7-13,18H2;2*1H. The van der Waals surface area contributed by atoms with Crippen molar-refractivity contribution in [2.75, 3.05) is 51.7 Å². The maximum absolute atomic E-state index is 12.7. The second kappa shape index (κ2) is 10.1. The van der Waals surface area contributed by atoms with Gasteiger partial charge < -0.3 is 15.4 Å². The monoisotopic (exact) mass is 375 g/mol. The Kier molecular flexibility index (Phi) is 8.84. The lowest BCUT2D eigenvalue weighted by Gasteiger charge is -2.37. The minimum Gasteiger partial charge on any atom is -0.398 e. The number of halogens is 2. The van der Waals surface area contributed by atoms with E-state index in [0.717, 1.165) is 52.4 Å². The Morgan fingerprint density at radius 1 is 1.17 bits per heavy atom. The summed E-state index contributed by atoms with van der Waals surface area (Å²) < 4.78 is 5.40. The summed E-state index contributed by atoms with van der Waals surface area (Å²) in [7, 11) is 0. The number of nitrogen functional groups attached to an aromatic ring is 1. The first-order valence-corrected chi connectivity index (χ1v) is 8.18. The first-order valence-electron chi connectivity index (χ1n) is 8.18. The number of hydrogen-bond donors (Lipinski definition) is 1. The molecule has 1 amide bonds. The van der Waals surface area contributed by atoms with Crippen molar-refractivity contribution in [2.24, 2.45) is 5.92 Å². The van der Waals surface area contributed by atoms with Crippen LogP contribution in [-0.4, -0.2) is 61.6 Å². The molecule has 0 spiro atoms. The predicted molar refractivity (Wildman–Crippen MR) is 101 cm³/mol. The normalized spacial score (nSPS) is 21.5. The molecule has 3 rings (SSSR count). The number of carbonyl (C=O) groups excluding carboxylic acids is 1. The number of piperidine rings is 1. The Morgan fingerprint density at radius 2 is 1.88 bits per heavy atom. The SMILES string of the molecule is Cl.Cl.Nc1ccccc1C(=O)N1CCCC(CN2CCOCC2)C1. The number of nitrogens with two attached hydrogens (primary N) is 1. The fraction of sp³-hybridized carbons (Fsp3) is 0.588. The van der Waals surface area contributed by atoms with Gasteiger partial charge in [-0.15, -0.1) is 24.8 Å². The molecule has 2 aliphatic rings. The first kappa shape index (κ1) is 21.0. The summed E-state index contributed by atoms with van der Waals surface area (Å²) in [6.45, 7) is 6.42. The van der Waals surface area contributed by atoms with Crippen LogP contribution in [0.25, 0.3) is 0 Å². The lowest BCUT2D eigenvalue weighted by molar-refractivity contribution is 0.0224. The number of nitrogens with zero attached hydrogens (tertiary/aromatic N) is 2. The maximum Gasteiger partial charge on any atom is 0.255 e. The lowest BCUT2D eigenvalue weighted by atomic mass is 9.96. The third-order valence-corrected chi connectivity index (χ3v) is 4.62. The fourth-order valence-corrected chi connectivity index (χ4v) is 3.41. The molecule has 5 nitrogen and oxygen atoms in total. The van der Waals surface area contributed by atoms with Crippen molar-refractivity contribution in [2.45, 2.75) is 12.8 Å². The van der Waals surface area contributed by atoms with Gasteiger partial charge in [0.2, 0.25) is 0 Å². The molecule has 0 aliphatic carbocycles. The van der Waals surface area contributed by atoms with E-state index in [9.17, 15) is 4.79 Å². The van der Waals surface area contributed by atoms with Crippen LogP contribution in [0.3, 0.4) is 0 Å². The highest BCUT2D eigenvalue weighted by atomic mass is 35.5. The third kappa shape index (κ3) is 5.24. The van der Waals surface area contributed by atoms with Crippen LogP contribution in [0.2, 0.25) is 0 Å². The highest BCUT2D eigenvalue weighted by Gasteiger charge is 2.27. The molecule has 1 unspecified atom stereocenters. The molecule has 0 aromatic heterocycles. The Labute approximate surface area is 156 Å². The molecule has 1 atom stereocenters. The van der Waals surface area contributed by atoms with Gasteiger partial charge in [0.15, 0.2) is 0 Å². The molecule has 0 radical (unpaired) electrons. The van der Waals surface area contributed by atoms with E-state index in [0.29, 0.717) is 17.2 Å². The van der Waals surface area contributed by atoms with E-state index in [1.807, 2.05) is 23.1 Å². The van der Waals surface area contributed by atoms with Crippen molar-refractivity contribution in [3.8, 4) is 0 Å². The number of para-hydroxylation sites is 1. The number of hydrogen-bond acceptors (Lipinski definition) is 4. The molecule has 2 aliphatic heterocycles. The van der Waals surface area contributed by atoms with Gasteiger partial charge in [-0.3, -0.25) is 9.69 Å². The molecular formula is C17H27Cl2N3O2. The van der Waals surface area contributed by atoms with Crippen molar-refractivity contribution < 1.29 is 9.53 Å². The molecule has 24 heavy (non-hydrogen) atoms. The third-order valence-electron chi connectivity index (χ3n) is 4.62. The van der Waals surface area contributed by atoms with E-state index in [4.69, 9.17) is 10.5 Å². The second-order valence-electron chi connectivity index (χ2n) is 6.26. The van der Waals surface area contributed by atoms with E-state index >= 15 is 0 Å². The number of likely N-dealkylation sites (tertiary alicyclic amines) is 1. The zero-order valence-corrected chi connectivity index (χ0v) is 15.5. The van der Waals surface area contributed by atoms with E-state index in [1.54, 1.807) is 6.07 Å². The smallest absolute Gasteiger partial charge is 0.255 e. The van der Waals surface area contributed by atoms with Gasteiger partial charge in [-0.1, -0.05) is 12.1 Å². The zero-order chi connectivity index (χ0) is 15.4. The second-order valence-corrected chi connectivity index (χ2v) is 6.26. The topological polar surface area (TPSA) is 58.8 Å². The Hall–Kier alpha value is -1.01. The molecule has 0 saturated carbocycles. The molecule has 2 saturated heterocycles. The largest absolute Gasteiger partial charge is 0.398 e. The highest BCUT2D eigenvalue weighted by Crippen LogP contribution is 2.22. The molecular weight excluding hydrogens is 349 g/mol. The first-order chi connectivity index (χ1) is 10.7. The van der Waals surface area contributed by atoms with Gasteiger partial charge in [0, 0.05) is 38.4 Å². The summed E-state index contributed by atoms with van der Waals surface area (Å²) in [5.41, 5.74) is 7.15. The summed E-state index contributed by atoms with van der Waals surface area (Å²) in [6.07, 6.45) is 2.28. The van der Waals surface area contributed by atoms with Crippen molar-refractivity contribution in [3.63, 3.8) is 0 Å². The van der Waals surface area contributed by atoms with Gasteiger partial charge in [-0.05, 0) is 30.9 Å². The summed E-state index contributed by atoms with van der Waals surface area (Å²) in [6, 6.07) is 7.36. The van der Waals surface area contributed by atoms with Gasteiger partial charge in [-0.2, -0.15) is 0 Å². The minimum atomic E-state index is 0. The number of rotatable bonds is 3. The van der Waals surface area contributed by atoms with Gasteiger partial charge in [0.05, 0.1) is 18.8 Å². The van der Waals surface area contributed by atoms with Crippen molar-refractivity contribution in [1.29, 1.82) is 0 Å². The van der Waals surface area contributed by atoms with Crippen LogP contribution >= 0.6 is 24.8 Å². The molecule has 136 valence electrons. The highest BCUT2D eigenvalue weighted by molar-refractivity contribution is 5.99. The molecule has 0 bridgehead atoms. The number of ether oxygens (including phenoxy) is 1. The van der Waals surface area contributed by atoms with Crippen LogP contribution in [0.5, 0.6) is 0 Å². The van der Waals surface area contributed by atoms with Gasteiger partial charge in [0.25, 0.3) is 5.91 Å². The van der Waals surface area contributed by atoms with E-state index in [2.05, 4.69) is 4.90 Å². The summed E-state index contributed by atoms with van der Waals surface area (Å²) in [5, 5.41) is 0. The number of carbonyl (C=O) groups is 1. The van der Waals surface area contributed by atoms with Gasteiger partial charge >= 0.3 is 0 Å². The lowest BCUT2D eigenvalue weighted by Crippen LogP contribution is -2.46. The van der Waals surface area contributed by atoms with E-state index in [1.165, 1.54) is 6.42 Å². The van der Waals surface area contributed by atoms with Crippen LogP contribution in [0.1, 0.15) is 23.2 Å². The van der Waals surface area contributed by atoms with Gasteiger partial charge in [0.1, 0.15) is 0 Å². The zero-order valence-electron chi connectivity index (χ0n) is 13.9. The molecule has 7 heteroatoms. The van der Waals surface area contributed by atoms with Crippen LogP contribution in [0.4, 0.5) is 5.69 Å². The van der Waals surface area contributed by atoms with E-state index in [-0.39, 0.29) is 30.7 Å². The Balaban J connectivity index is 0.00000144. The Bertz CT molecular complexity index is 524. The fourth-order valence-electron chi connectivity index (χ4n) is 3.41. The number of morpholine rings is 1. The average molecular weight is 376 g/mol.